The van der Waals surface area contributed by atoms with Crippen molar-refractivity contribution in [3.8, 4) is 0 Å². The van der Waals surface area contributed by atoms with E-state index in [1.165, 1.54) is 5.56 Å². The Labute approximate surface area is 156 Å². The molecule has 0 spiro atoms. The molecule has 0 bridgehead atoms. The van der Waals surface area contributed by atoms with Crippen molar-refractivity contribution in [1.29, 1.82) is 0 Å². The van der Waals surface area contributed by atoms with Gasteiger partial charge in [-0.3, -0.25) is 14.7 Å². The van der Waals surface area contributed by atoms with E-state index in [2.05, 4.69) is 33.9 Å². The topological polar surface area (TPSA) is 57.7 Å². The van der Waals surface area contributed by atoms with E-state index in [9.17, 15) is 4.79 Å². The normalized spacial score (nSPS) is 21.7. The average Bonchev–Trinajstić information content (AvgIpc) is 2.69. The molecule has 1 aromatic heterocycles. The number of rotatable bonds is 6. The van der Waals surface area contributed by atoms with Crippen molar-refractivity contribution < 1.29 is 9.53 Å². The summed E-state index contributed by atoms with van der Waals surface area (Å²) in [5.74, 6) is 0.355. The third-order valence-corrected chi connectivity index (χ3v) is 5.68. The van der Waals surface area contributed by atoms with Gasteiger partial charge >= 0.3 is 0 Å². The van der Waals surface area contributed by atoms with E-state index >= 15 is 0 Å². The first-order chi connectivity index (χ1) is 12.6. The number of pyridine rings is 1. The predicted octanol–water partition coefficient (Wildman–Crippen LogP) is 1.69. The highest BCUT2D eigenvalue weighted by molar-refractivity contribution is 5.78. The Balaban J connectivity index is 1.56. The molecule has 0 aliphatic carbocycles. The molecule has 144 valence electrons. The molecule has 2 saturated heterocycles. The maximum Gasteiger partial charge on any atom is 0.223 e. The molecule has 3 heterocycles. The van der Waals surface area contributed by atoms with Crippen molar-refractivity contribution in [1.82, 2.24) is 20.1 Å². The molecule has 2 fully saturated rings. The number of nitrogens with zero attached hydrogens (tertiary/aromatic N) is 3. The molecule has 0 radical (unpaired) electrons. The molecule has 26 heavy (non-hydrogen) atoms. The summed E-state index contributed by atoms with van der Waals surface area (Å²) in [6.45, 7) is 10.4. The third-order valence-electron chi connectivity index (χ3n) is 5.68. The Kier molecular flexibility index (Phi) is 7.00. The van der Waals surface area contributed by atoms with Gasteiger partial charge in [-0.25, -0.2) is 0 Å². The van der Waals surface area contributed by atoms with Crippen LogP contribution in [0.4, 0.5) is 0 Å². The number of aromatic nitrogens is 1. The second kappa shape index (κ2) is 9.44. The number of piperidine rings is 1. The van der Waals surface area contributed by atoms with Crippen LogP contribution in [0.1, 0.15) is 38.3 Å². The van der Waals surface area contributed by atoms with E-state index in [4.69, 9.17) is 4.74 Å². The zero-order valence-electron chi connectivity index (χ0n) is 16.1. The molecule has 0 unspecified atom stereocenters. The largest absolute Gasteiger partial charge is 0.379 e. The molecule has 1 aromatic rings. The Morgan fingerprint density at radius 1 is 1.15 bits per heavy atom. The number of carbonyl (C=O) groups excluding carboxylic acids is 1. The molecule has 1 atom stereocenters. The van der Waals surface area contributed by atoms with Gasteiger partial charge < -0.3 is 15.0 Å². The van der Waals surface area contributed by atoms with Crippen molar-refractivity contribution >= 4 is 5.91 Å². The molecular formula is C20H32N4O2. The minimum Gasteiger partial charge on any atom is -0.379 e. The number of carbonyl (C=O) groups is 1. The van der Waals surface area contributed by atoms with E-state index in [1.807, 2.05) is 24.5 Å². The van der Waals surface area contributed by atoms with Crippen LogP contribution in [-0.4, -0.2) is 72.7 Å². The molecule has 0 aromatic carbocycles. The maximum absolute atomic E-state index is 12.7. The summed E-state index contributed by atoms with van der Waals surface area (Å²) in [5.41, 5.74) is 1.21. The number of ether oxygens (including phenoxy) is 1. The lowest BCUT2D eigenvalue weighted by molar-refractivity contribution is -0.127. The highest BCUT2D eigenvalue weighted by Gasteiger charge is 2.28. The maximum atomic E-state index is 12.7. The van der Waals surface area contributed by atoms with Gasteiger partial charge in [-0.1, -0.05) is 0 Å². The minimum absolute atomic E-state index is 0.146. The Morgan fingerprint density at radius 3 is 2.42 bits per heavy atom. The molecule has 1 amide bonds. The second-order valence-corrected chi connectivity index (χ2v) is 7.59. The van der Waals surface area contributed by atoms with Crippen LogP contribution in [0.15, 0.2) is 24.5 Å². The molecule has 0 saturated carbocycles. The molecular weight excluding hydrogens is 328 g/mol. The van der Waals surface area contributed by atoms with Crippen molar-refractivity contribution in [3.63, 3.8) is 0 Å². The number of amides is 1. The quantitative estimate of drug-likeness (QED) is 0.837. The van der Waals surface area contributed by atoms with E-state index in [-0.39, 0.29) is 17.9 Å². The number of nitrogens with one attached hydrogen (secondary N) is 1. The molecule has 3 rings (SSSR count). The van der Waals surface area contributed by atoms with Gasteiger partial charge in [0.25, 0.3) is 0 Å². The first-order valence-electron chi connectivity index (χ1n) is 9.88. The van der Waals surface area contributed by atoms with Crippen LogP contribution in [0, 0.1) is 5.92 Å². The van der Waals surface area contributed by atoms with Gasteiger partial charge in [0.15, 0.2) is 0 Å². The third kappa shape index (κ3) is 5.02. The fourth-order valence-electron chi connectivity index (χ4n) is 3.95. The zero-order valence-corrected chi connectivity index (χ0v) is 16.1. The minimum atomic E-state index is 0.146. The Hall–Kier alpha value is -1.50. The summed E-state index contributed by atoms with van der Waals surface area (Å²) >= 11 is 0. The Morgan fingerprint density at radius 2 is 1.81 bits per heavy atom. The smallest absolute Gasteiger partial charge is 0.223 e. The van der Waals surface area contributed by atoms with Crippen LogP contribution in [-0.2, 0) is 9.53 Å². The summed E-state index contributed by atoms with van der Waals surface area (Å²) < 4.78 is 5.49. The van der Waals surface area contributed by atoms with Crippen molar-refractivity contribution in [2.75, 3.05) is 45.9 Å². The van der Waals surface area contributed by atoms with Gasteiger partial charge in [0.05, 0.1) is 19.3 Å². The monoisotopic (exact) mass is 360 g/mol. The SMILES string of the molecule is CC(C)N1CCC(C(=O)NC[C@@H](c2ccncc2)N2CCOCC2)CC1. The van der Waals surface area contributed by atoms with E-state index in [1.54, 1.807) is 0 Å². The van der Waals surface area contributed by atoms with Crippen LogP contribution in [0.2, 0.25) is 0 Å². The number of likely N-dealkylation sites (tertiary alicyclic amines) is 1. The molecule has 2 aliphatic rings. The van der Waals surface area contributed by atoms with E-state index in [0.29, 0.717) is 12.6 Å². The highest BCUT2D eigenvalue weighted by atomic mass is 16.5. The van der Waals surface area contributed by atoms with Gasteiger partial charge in [-0.05, 0) is 57.5 Å². The standard InChI is InChI=1S/C20H32N4O2/c1-16(2)23-9-5-18(6-10-23)20(25)22-15-19(17-3-7-21-8-4-17)24-11-13-26-14-12-24/h3-4,7-8,16,18-19H,5-6,9-15H2,1-2H3,(H,22,25)/t19-/m0/s1. The number of hydrogen-bond acceptors (Lipinski definition) is 5. The van der Waals surface area contributed by atoms with Crippen molar-refractivity contribution in [3.05, 3.63) is 30.1 Å². The van der Waals surface area contributed by atoms with Gasteiger partial charge in [0, 0.05) is 44.0 Å². The van der Waals surface area contributed by atoms with Gasteiger partial charge in [-0.2, -0.15) is 0 Å². The van der Waals surface area contributed by atoms with Gasteiger partial charge in [0.1, 0.15) is 0 Å². The van der Waals surface area contributed by atoms with E-state index in [0.717, 1.165) is 52.2 Å². The summed E-state index contributed by atoms with van der Waals surface area (Å²) in [6, 6.07) is 4.85. The van der Waals surface area contributed by atoms with Crippen LogP contribution < -0.4 is 5.32 Å². The summed E-state index contributed by atoms with van der Waals surface area (Å²) in [7, 11) is 0. The highest BCUT2D eigenvalue weighted by Crippen LogP contribution is 2.22. The summed E-state index contributed by atoms with van der Waals surface area (Å²) in [6.07, 6.45) is 5.57. The lowest BCUT2D eigenvalue weighted by atomic mass is 9.95. The average molecular weight is 361 g/mol. The van der Waals surface area contributed by atoms with Crippen LogP contribution in [0.3, 0.4) is 0 Å². The number of hydrogen-bond donors (Lipinski definition) is 1. The van der Waals surface area contributed by atoms with Crippen molar-refractivity contribution in [2.24, 2.45) is 5.92 Å². The first-order valence-corrected chi connectivity index (χ1v) is 9.88. The Bertz CT molecular complexity index is 552. The summed E-state index contributed by atoms with van der Waals surface area (Å²) in [5, 5.41) is 3.23. The van der Waals surface area contributed by atoms with E-state index < -0.39 is 0 Å². The fourth-order valence-corrected chi connectivity index (χ4v) is 3.95. The number of morpholine rings is 1. The predicted molar refractivity (Wildman–Crippen MR) is 102 cm³/mol. The second-order valence-electron chi connectivity index (χ2n) is 7.59. The molecule has 6 heteroatoms. The van der Waals surface area contributed by atoms with Crippen molar-refractivity contribution in [2.45, 2.75) is 38.8 Å². The first kappa shape index (κ1) is 19.3. The van der Waals surface area contributed by atoms with Crippen LogP contribution >= 0.6 is 0 Å². The van der Waals surface area contributed by atoms with Gasteiger partial charge in [-0.15, -0.1) is 0 Å². The fraction of sp³-hybridized carbons (Fsp3) is 0.700. The van der Waals surface area contributed by atoms with Gasteiger partial charge in [0.2, 0.25) is 5.91 Å². The lowest BCUT2D eigenvalue weighted by Gasteiger charge is -2.36. The van der Waals surface area contributed by atoms with Crippen LogP contribution in [0.25, 0.3) is 0 Å². The van der Waals surface area contributed by atoms with Crippen LogP contribution in [0.5, 0.6) is 0 Å². The molecule has 1 N–H and O–H groups in total. The molecule has 2 aliphatic heterocycles. The lowest BCUT2D eigenvalue weighted by Crippen LogP contribution is -2.46. The zero-order chi connectivity index (χ0) is 18.4. The summed E-state index contributed by atoms with van der Waals surface area (Å²) in [4.78, 5) is 21.7. The molecule has 6 nitrogen and oxygen atoms in total.